The van der Waals surface area contributed by atoms with Crippen LogP contribution in [0.2, 0.25) is 0 Å². The zero-order valence-corrected chi connectivity index (χ0v) is 22.9. The van der Waals surface area contributed by atoms with Gasteiger partial charge in [-0.15, -0.1) is 0 Å². The maximum Gasteiger partial charge on any atom is 0.187 e. The van der Waals surface area contributed by atoms with Gasteiger partial charge in [0.2, 0.25) is 0 Å². The Morgan fingerprint density at radius 2 is 0.732 bits per heavy atom. The minimum Gasteiger partial charge on any atom is -0.388 e. The molecule has 41 heavy (non-hydrogen) atoms. The molecule has 0 amide bonds. The second-order valence-electron chi connectivity index (χ2n) is 11.1. The Morgan fingerprint density at radius 1 is 0.341 bits per heavy atom. The first-order valence-electron chi connectivity index (χ1n) is 13.5. The fourth-order valence-electron chi connectivity index (χ4n) is 5.28. The highest BCUT2D eigenvalue weighted by molar-refractivity contribution is 4.96. The van der Waals surface area contributed by atoms with Gasteiger partial charge in [-0.25, -0.2) is 0 Å². The highest BCUT2D eigenvalue weighted by atomic mass is 16.8. The maximum absolute atomic E-state index is 11.1. The molecule has 4 heterocycles. The molecule has 1 unspecified atom stereocenters. The summed E-state index contributed by atoms with van der Waals surface area (Å²) in [4.78, 5) is 0. The van der Waals surface area contributed by atoms with Crippen LogP contribution in [0.4, 0.5) is 0 Å². The molecule has 17 heteroatoms. The molecule has 4 rings (SSSR count). The molecule has 0 aromatic carbocycles. The van der Waals surface area contributed by atoms with Gasteiger partial charge in [0, 0.05) is 0 Å². The van der Waals surface area contributed by atoms with Gasteiger partial charge in [0.1, 0.15) is 73.2 Å². The van der Waals surface area contributed by atoms with Gasteiger partial charge < -0.3 is 84.2 Å². The van der Waals surface area contributed by atoms with Crippen LogP contribution < -0.4 is 0 Å². The highest BCUT2D eigenvalue weighted by Gasteiger charge is 2.54. The Bertz CT molecular complexity index is 853. The molecule has 4 fully saturated rings. The van der Waals surface area contributed by atoms with Gasteiger partial charge in [-0.05, 0) is 27.7 Å². The number of aliphatic hydroxyl groups is 10. The van der Waals surface area contributed by atoms with Crippen molar-refractivity contribution in [1.29, 1.82) is 0 Å². The van der Waals surface area contributed by atoms with Crippen LogP contribution >= 0.6 is 0 Å². The summed E-state index contributed by atoms with van der Waals surface area (Å²) >= 11 is 0. The van der Waals surface area contributed by atoms with E-state index in [-0.39, 0.29) is 0 Å². The smallest absolute Gasteiger partial charge is 0.187 e. The van der Waals surface area contributed by atoms with E-state index in [4.69, 9.17) is 33.2 Å². The molecule has 10 N–H and O–H groups in total. The molecule has 0 saturated carbocycles. The average molecular weight is 603 g/mol. The Kier molecular flexibility index (Phi) is 10.6. The van der Waals surface area contributed by atoms with Crippen molar-refractivity contribution in [3.05, 3.63) is 0 Å². The predicted molar refractivity (Wildman–Crippen MR) is 128 cm³/mol. The van der Waals surface area contributed by atoms with Crippen molar-refractivity contribution in [2.24, 2.45) is 0 Å². The van der Waals surface area contributed by atoms with E-state index in [9.17, 15) is 51.1 Å². The Labute approximate surface area is 235 Å². The fourth-order valence-corrected chi connectivity index (χ4v) is 5.28. The van der Waals surface area contributed by atoms with E-state index in [2.05, 4.69) is 0 Å². The summed E-state index contributed by atoms with van der Waals surface area (Å²) in [5.41, 5.74) is 0. The molecule has 240 valence electrons. The lowest BCUT2D eigenvalue weighted by Gasteiger charge is -2.48. The van der Waals surface area contributed by atoms with E-state index >= 15 is 0 Å². The number of hydrogen-bond donors (Lipinski definition) is 10. The van der Waals surface area contributed by atoms with Crippen molar-refractivity contribution in [1.82, 2.24) is 0 Å². The Hall–Kier alpha value is -0.680. The molecule has 4 saturated heterocycles. The minimum absolute atomic E-state index is 0.919. The van der Waals surface area contributed by atoms with Crippen molar-refractivity contribution in [3.8, 4) is 0 Å². The summed E-state index contributed by atoms with van der Waals surface area (Å²) in [7, 11) is 0. The van der Waals surface area contributed by atoms with E-state index in [0.717, 1.165) is 0 Å². The van der Waals surface area contributed by atoms with Crippen LogP contribution in [0.25, 0.3) is 0 Å². The van der Waals surface area contributed by atoms with Gasteiger partial charge in [0.25, 0.3) is 0 Å². The molecule has 20 atom stereocenters. The summed E-state index contributed by atoms with van der Waals surface area (Å²) in [6.07, 6.45) is -29.8. The lowest BCUT2D eigenvalue weighted by Crippen LogP contribution is -2.66. The zero-order chi connectivity index (χ0) is 30.5. The third-order valence-electron chi connectivity index (χ3n) is 8.05. The lowest BCUT2D eigenvalue weighted by atomic mass is 9.96. The van der Waals surface area contributed by atoms with Gasteiger partial charge in [0.05, 0.1) is 24.4 Å². The first-order valence-corrected chi connectivity index (χ1v) is 13.5. The van der Waals surface area contributed by atoms with Gasteiger partial charge in [-0.1, -0.05) is 0 Å². The van der Waals surface area contributed by atoms with Crippen LogP contribution in [0.15, 0.2) is 0 Å². The number of rotatable bonds is 6. The summed E-state index contributed by atoms with van der Waals surface area (Å²) < 4.78 is 38.9. The van der Waals surface area contributed by atoms with Crippen LogP contribution in [0.5, 0.6) is 0 Å². The molecule has 0 aromatic heterocycles. The van der Waals surface area contributed by atoms with Gasteiger partial charge in [-0.2, -0.15) is 0 Å². The molecule has 0 spiro atoms. The monoisotopic (exact) mass is 602 g/mol. The largest absolute Gasteiger partial charge is 0.388 e. The average Bonchev–Trinajstić information content (AvgIpc) is 2.92. The van der Waals surface area contributed by atoms with Crippen LogP contribution in [0, 0.1) is 0 Å². The van der Waals surface area contributed by atoms with Crippen LogP contribution in [0.3, 0.4) is 0 Å². The van der Waals surface area contributed by atoms with Crippen LogP contribution in [-0.4, -0.2) is 174 Å². The van der Waals surface area contributed by atoms with Gasteiger partial charge in [-0.3, -0.25) is 0 Å². The quantitative estimate of drug-likeness (QED) is 0.136. The molecule has 17 nitrogen and oxygen atoms in total. The molecule has 4 aliphatic rings. The molecular weight excluding hydrogens is 560 g/mol. The Balaban J connectivity index is 1.52. The topological polar surface area (TPSA) is 267 Å². The van der Waals surface area contributed by atoms with E-state index in [1.54, 1.807) is 0 Å². The maximum atomic E-state index is 11.1. The fraction of sp³-hybridized carbons (Fsp3) is 1.00. The summed E-state index contributed by atoms with van der Waals surface area (Å²) in [6.45, 7) is 5.67. The minimum atomic E-state index is -1.81. The van der Waals surface area contributed by atoms with Crippen molar-refractivity contribution in [3.63, 3.8) is 0 Å². The first-order chi connectivity index (χ1) is 19.1. The zero-order valence-electron chi connectivity index (χ0n) is 22.9. The second kappa shape index (κ2) is 13.1. The molecule has 0 bridgehead atoms. The van der Waals surface area contributed by atoms with Gasteiger partial charge in [0.15, 0.2) is 25.2 Å². The molecule has 0 aromatic rings. The van der Waals surface area contributed by atoms with Crippen molar-refractivity contribution in [2.45, 2.75) is 151 Å². The van der Waals surface area contributed by atoms with Crippen molar-refractivity contribution < 1.29 is 84.2 Å². The summed E-state index contributed by atoms with van der Waals surface area (Å²) in [5.74, 6) is 0. The third kappa shape index (κ3) is 6.57. The molecule has 0 radical (unpaired) electrons. The SMILES string of the molecule is C[C@@H]1O[C@@H](O[C@H]2[C@H](O[C@@H]3[C@@H](O)[C@H](C)O[C@@H](O[C@H]4C(O)O[C@@H](C)[C@H](O)[C@H]4O)[C@@H]3O)O[C@@H](C)[C@H](O)[C@H]2O)[C@H](O)[C@H](O)[C@H]1O. The van der Waals surface area contributed by atoms with Gasteiger partial charge >= 0.3 is 0 Å². The predicted octanol–water partition coefficient (Wildman–Crippen LogP) is -5.64. The molecule has 0 aliphatic carbocycles. The number of hydrogen-bond acceptors (Lipinski definition) is 17. The standard InChI is InChI=1S/C24H42O17/c1-5-10(26)14(30)19(21(34)35-5)40-23-17(33)18(12(28)8(4)37-23)39-24-20(15(31)11(27)7(3)38-24)41-22-16(32)13(29)9(25)6(2)36-22/h5-34H,1-4H3/t5-,6-,7-,8-,9-,10-,11-,12-,13+,14+,15+,16+,17+,18+,19+,20+,21?,22-,23-,24-/m0/s1. The van der Waals surface area contributed by atoms with Crippen molar-refractivity contribution >= 4 is 0 Å². The van der Waals surface area contributed by atoms with E-state index in [1.807, 2.05) is 0 Å². The Morgan fingerprint density at radius 3 is 1.32 bits per heavy atom. The second-order valence-corrected chi connectivity index (χ2v) is 11.1. The van der Waals surface area contributed by atoms with Crippen LogP contribution in [-0.2, 0) is 33.2 Å². The third-order valence-corrected chi connectivity index (χ3v) is 8.05. The summed E-state index contributed by atoms with van der Waals surface area (Å²) in [6, 6.07) is 0. The molecular formula is C24H42O17. The number of ether oxygens (including phenoxy) is 7. The highest BCUT2D eigenvalue weighted by Crippen LogP contribution is 2.34. The summed E-state index contributed by atoms with van der Waals surface area (Å²) in [5, 5.41) is 104. The lowest BCUT2D eigenvalue weighted by molar-refractivity contribution is -0.392. The normalized spacial score (nSPS) is 56.9. The molecule has 4 aliphatic heterocycles. The van der Waals surface area contributed by atoms with E-state index < -0.39 is 123 Å². The number of aliphatic hydroxyl groups excluding tert-OH is 10. The van der Waals surface area contributed by atoms with Crippen LogP contribution in [0.1, 0.15) is 27.7 Å². The van der Waals surface area contributed by atoms with E-state index in [1.165, 1.54) is 27.7 Å². The van der Waals surface area contributed by atoms with Crippen molar-refractivity contribution in [2.75, 3.05) is 0 Å². The van der Waals surface area contributed by atoms with E-state index in [0.29, 0.717) is 0 Å². The first kappa shape index (κ1) is 33.2.